The first-order valence-electron chi connectivity index (χ1n) is 6.55. The van der Waals surface area contributed by atoms with Gasteiger partial charge in [-0.1, -0.05) is 12.2 Å². The fraction of sp³-hybridized carbons (Fsp3) is 0.267. The molecule has 2 N–H and O–H groups in total. The van der Waals surface area contributed by atoms with Crippen molar-refractivity contribution in [2.75, 3.05) is 13.6 Å². The Hall–Kier alpha value is -2.14. The van der Waals surface area contributed by atoms with Crippen LogP contribution in [0.5, 0.6) is 0 Å². The molecule has 2 heterocycles. The second-order valence-corrected chi connectivity index (χ2v) is 5.03. The Balaban J connectivity index is 1.75. The normalized spacial score (nSPS) is 17.8. The van der Waals surface area contributed by atoms with Gasteiger partial charge in [0.05, 0.1) is 6.54 Å². The number of benzene rings is 1. The minimum absolute atomic E-state index is 0.0311. The van der Waals surface area contributed by atoms with Gasteiger partial charge >= 0.3 is 0 Å². The van der Waals surface area contributed by atoms with E-state index >= 15 is 0 Å². The zero-order valence-electron chi connectivity index (χ0n) is 11.2. The summed E-state index contributed by atoms with van der Waals surface area (Å²) in [5, 5.41) is 3.91. The summed E-state index contributed by atoms with van der Waals surface area (Å²) in [6.07, 6.45) is 3.82. The third-order valence-corrected chi connectivity index (χ3v) is 3.47. The van der Waals surface area contributed by atoms with Gasteiger partial charge in [-0.25, -0.2) is 4.39 Å². The Morgan fingerprint density at radius 1 is 1.45 bits per heavy atom. The Labute approximate surface area is 116 Å². The van der Waals surface area contributed by atoms with Crippen LogP contribution in [0.1, 0.15) is 5.69 Å². The zero-order valence-corrected chi connectivity index (χ0v) is 11.2. The minimum Gasteiger partial charge on any atom is -0.357 e. The number of amides is 1. The molecule has 0 spiro atoms. The van der Waals surface area contributed by atoms with Crippen LogP contribution in [0.25, 0.3) is 10.9 Å². The molecule has 1 atom stereocenters. The number of aromatic nitrogens is 1. The van der Waals surface area contributed by atoms with Crippen LogP contribution < -0.4 is 5.32 Å². The van der Waals surface area contributed by atoms with Gasteiger partial charge in [-0.05, 0) is 24.3 Å². The van der Waals surface area contributed by atoms with E-state index in [0.29, 0.717) is 6.54 Å². The fourth-order valence-electron chi connectivity index (χ4n) is 2.46. The number of carbonyl (C=O) groups is 1. The van der Waals surface area contributed by atoms with Crippen LogP contribution in [-0.2, 0) is 11.3 Å². The van der Waals surface area contributed by atoms with Crippen LogP contribution in [0.3, 0.4) is 0 Å². The van der Waals surface area contributed by atoms with Crippen LogP contribution in [0, 0.1) is 5.82 Å². The average molecular weight is 273 g/mol. The van der Waals surface area contributed by atoms with E-state index in [4.69, 9.17) is 0 Å². The maximum absolute atomic E-state index is 13.1. The number of hydrogen-bond donors (Lipinski definition) is 2. The van der Waals surface area contributed by atoms with Crippen LogP contribution in [0.4, 0.5) is 4.39 Å². The monoisotopic (exact) mass is 273 g/mol. The maximum Gasteiger partial charge on any atom is 0.243 e. The van der Waals surface area contributed by atoms with Crippen LogP contribution >= 0.6 is 0 Å². The fourth-order valence-corrected chi connectivity index (χ4v) is 2.46. The molecule has 2 aromatic rings. The number of fused-ring (bicyclic) bond motifs is 1. The number of aromatic amines is 1. The van der Waals surface area contributed by atoms with Crippen molar-refractivity contribution in [1.29, 1.82) is 0 Å². The standard InChI is InChI=1S/C15H16FN3O/c1-19(15(20)14-3-2-6-17-14)9-12-8-10-7-11(16)4-5-13(10)18-12/h2-5,7-8,14,17-18H,6,9H2,1H3/t14-/m0/s1. The highest BCUT2D eigenvalue weighted by atomic mass is 19.1. The number of H-pyrrole nitrogens is 1. The van der Waals surface area contributed by atoms with E-state index in [9.17, 15) is 9.18 Å². The van der Waals surface area contributed by atoms with Gasteiger partial charge in [0.15, 0.2) is 0 Å². The summed E-state index contributed by atoms with van der Waals surface area (Å²) < 4.78 is 13.1. The van der Waals surface area contributed by atoms with Gasteiger partial charge in [-0.2, -0.15) is 0 Å². The molecular formula is C15H16FN3O. The summed E-state index contributed by atoms with van der Waals surface area (Å²) >= 11 is 0. The Kier molecular flexibility index (Phi) is 3.28. The van der Waals surface area contributed by atoms with Gasteiger partial charge in [0.2, 0.25) is 5.91 Å². The van der Waals surface area contributed by atoms with Crippen LogP contribution in [-0.4, -0.2) is 35.4 Å². The lowest BCUT2D eigenvalue weighted by Crippen LogP contribution is -2.41. The summed E-state index contributed by atoms with van der Waals surface area (Å²) in [6, 6.07) is 6.25. The van der Waals surface area contributed by atoms with Gasteiger partial charge in [-0.15, -0.1) is 0 Å². The van der Waals surface area contributed by atoms with Crippen molar-refractivity contribution < 1.29 is 9.18 Å². The number of likely N-dealkylation sites (N-methyl/N-ethyl adjacent to an activating group) is 1. The quantitative estimate of drug-likeness (QED) is 0.838. The van der Waals surface area contributed by atoms with Gasteiger partial charge in [0.25, 0.3) is 0 Å². The molecule has 104 valence electrons. The van der Waals surface area contributed by atoms with Crippen molar-refractivity contribution >= 4 is 16.8 Å². The maximum atomic E-state index is 13.1. The Morgan fingerprint density at radius 2 is 2.30 bits per heavy atom. The van der Waals surface area contributed by atoms with Gasteiger partial charge < -0.3 is 9.88 Å². The molecule has 20 heavy (non-hydrogen) atoms. The van der Waals surface area contributed by atoms with E-state index in [-0.39, 0.29) is 17.8 Å². The highest BCUT2D eigenvalue weighted by Crippen LogP contribution is 2.17. The lowest BCUT2D eigenvalue weighted by molar-refractivity contribution is -0.131. The predicted molar refractivity (Wildman–Crippen MR) is 75.7 cm³/mol. The number of hydrogen-bond acceptors (Lipinski definition) is 2. The molecule has 3 rings (SSSR count). The molecule has 4 nitrogen and oxygen atoms in total. The minimum atomic E-state index is -0.257. The molecular weight excluding hydrogens is 257 g/mol. The van der Waals surface area contributed by atoms with E-state index in [1.165, 1.54) is 12.1 Å². The Morgan fingerprint density at radius 3 is 3.05 bits per heavy atom. The van der Waals surface area contributed by atoms with Crippen molar-refractivity contribution in [2.45, 2.75) is 12.6 Å². The SMILES string of the molecule is CN(Cc1cc2cc(F)ccc2[nH]1)C(=O)[C@@H]1C=CCN1. The Bertz CT molecular complexity index is 677. The van der Waals surface area contributed by atoms with Crippen molar-refractivity contribution in [2.24, 2.45) is 0 Å². The number of nitrogens with zero attached hydrogens (tertiary/aromatic N) is 1. The van der Waals surface area contributed by atoms with E-state index < -0.39 is 0 Å². The van der Waals surface area contributed by atoms with Crippen LogP contribution in [0.2, 0.25) is 0 Å². The largest absolute Gasteiger partial charge is 0.357 e. The first kappa shape index (κ1) is 12.9. The summed E-state index contributed by atoms with van der Waals surface area (Å²) in [4.78, 5) is 17.0. The van der Waals surface area contributed by atoms with Gasteiger partial charge in [0.1, 0.15) is 11.9 Å². The topological polar surface area (TPSA) is 48.1 Å². The van der Waals surface area contributed by atoms with Crippen LogP contribution in [0.15, 0.2) is 36.4 Å². The average Bonchev–Trinajstić information content (AvgIpc) is 3.05. The summed E-state index contributed by atoms with van der Waals surface area (Å²) in [6.45, 7) is 1.21. The number of nitrogens with one attached hydrogen (secondary N) is 2. The molecule has 0 bridgehead atoms. The smallest absolute Gasteiger partial charge is 0.243 e. The third-order valence-electron chi connectivity index (χ3n) is 3.47. The van der Waals surface area contributed by atoms with E-state index in [1.54, 1.807) is 18.0 Å². The van der Waals surface area contributed by atoms with Gasteiger partial charge in [0, 0.05) is 30.2 Å². The van der Waals surface area contributed by atoms with Crippen molar-refractivity contribution in [1.82, 2.24) is 15.2 Å². The molecule has 0 unspecified atom stereocenters. The molecule has 0 saturated carbocycles. The van der Waals surface area contributed by atoms with Crippen molar-refractivity contribution in [3.05, 3.63) is 47.9 Å². The molecule has 0 fully saturated rings. The molecule has 1 aliphatic rings. The summed E-state index contributed by atoms with van der Waals surface area (Å²) in [5.74, 6) is -0.226. The van der Waals surface area contributed by atoms with E-state index in [2.05, 4.69) is 10.3 Å². The van der Waals surface area contributed by atoms with E-state index in [1.807, 2.05) is 18.2 Å². The first-order chi connectivity index (χ1) is 9.63. The summed E-state index contributed by atoms with van der Waals surface area (Å²) in [7, 11) is 1.77. The van der Waals surface area contributed by atoms with Gasteiger partial charge in [-0.3, -0.25) is 10.1 Å². The summed E-state index contributed by atoms with van der Waals surface area (Å²) in [5.41, 5.74) is 1.77. The molecule has 5 heteroatoms. The highest BCUT2D eigenvalue weighted by Gasteiger charge is 2.21. The van der Waals surface area contributed by atoms with Crippen molar-refractivity contribution in [3.8, 4) is 0 Å². The molecule has 1 aromatic heterocycles. The first-order valence-corrected chi connectivity index (χ1v) is 6.55. The molecule has 0 aliphatic carbocycles. The predicted octanol–water partition coefficient (Wildman–Crippen LogP) is 1.79. The van der Waals surface area contributed by atoms with Crippen molar-refractivity contribution in [3.63, 3.8) is 0 Å². The molecule has 1 amide bonds. The number of halogens is 1. The molecule has 0 saturated heterocycles. The second-order valence-electron chi connectivity index (χ2n) is 5.03. The second kappa shape index (κ2) is 5.09. The third kappa shape index (κ3) is 2.44. The lowest BCUT2D eigenvalue weighted by atomic mass is 10.2. The zero-order chi connectivity index (χ0) is 14.1. The number of carbonyl (C=O) groups excluding carboxylic acids is 1. The lowest BCUT2D eigenvalue weighted by Gasteiger charge is -2.19. The number of rotatable bonds is 3. The molecule has 1 aromatic carbocycles. The van der Waals surface area contributed by atoms with E-state index in [0.717, 1.165) is 23.1 Å². The molecule has 0 radical (unpaired) electrons. The molecule has 1 aliphatic heterocycles. The highest BCUT2D eigenvalue weighted by molar-refractivity contribution is 5.84.